The van der Waals surface area contributed by atoms with Crippen molar-refractivity contribution in [2.75, 3.05) is 13.1 Å². The second kappa shape index (κ2) is 6.89. The molecule has 1 atom stereocenters. The summed E-state index contributed by atoms with van der Waals surface area (Å²) < 4.78 is 11.3. The average Bonchev–Trinajstić information content (AvgIpc) is 2.45. The molecule has 1 aliphatic rings. The topological polar surface area (TPSA) is 51.7 Å². The lowest BCUT2D eigenvalue weighted by atomic mass is 10.1. The molecule has 5 heteroatoms. The van der Waals surface area contributed by atoms with Gasteiger partial charge in [-0.25, -0.2) is 4.79 Å². The van der Waals surface area contributed by atoms with Crippen LogP contribution >= 0.6 is 0 Å². The van der Waals surface area contributed by atoms with Crippen molar-refractivity contribution in [3.8, 4) is 0 Å². The van der Waals surface area contributed by atoms with Crippen molar-refractivity contribution in [2.24, 2.45) is 0 Å². The molecule has 0 radical (unpaired) electrons. The van der Waals surface area contributed by atoms with Crippen molar-refractivity contribution in [2.45, 2.75) is 51.9 Å². The molecule has 0 saturated carbocycles. The Kier molecular flexibility index (Phi) is 5.17. The van der Waals surface area contributed by atoms with Crippen molar-refractivity contribution < 1.29 is 14.3 Å². The predicted molar refractivity (Wildman–Crippen MR) is 79.9 cm³/mol. The van der Waals surface area contributed by atoms with Crippen LogP contribution in [-0.4, -0.2) is 40.8 Å². The molecule has 0 aliphatic carbocycles. The molecule has 1 aromatic rings. The molecule has 1 amide bonds. The number of nitrogens with zero attached hydrogens (tertiary/aromatic N) is 2. The van der Waals surface area contributed by atoms with E-state index in [1.165, 1.54) is 0 Å². The summed E-state index contributed by atoms with van der Waals surface area (Å²) in [5, 5.41) is 0. The molecule has 116 valence electrons. The lowest BCUT2D eigenvalue weighted by Crippen LogP contribution is -2.45. The van der Waals surface area contributed by atoms with Gasteiger partial charge in [0.15, 0.2) is 0 Å². The third kappa shape index (κ3) is 5.34. The number of hydrogen-bond donors (Lipinski definition) is 0. The smallest absolute Gasteiger partial charge is 0.410 e. The van der Waals surface area contributed by atoms with Crippen LogP contribution in [0.4, 0.5) is 4.79 Å². The third-order valence-electron chi connectivity index (χ3n) is 3.22. The minimum atomic E-state index is -0.459. The maximum Gasteiger partial charge on any atom is 0.410 e. The number of hydrogen-bond acceptors (Lipinski definition) is 4. The Labute approximate surface area is 126 Å². The van der Waals surface area contributed by atoms with E-state index >= 15 is 0 Å². The van der Waals surface area contributed by atoms with Gasteiger partial charge in [-0.2, -0.15) is 0 Å². The monoisotopic (exact) mass is 292 g/mol. The lowest BCUT2D eigenvalue weighted by molar-refractivity contribution is -0.0266. The number of amides is 1. The van der Waals surface area contributed by atoms with Crippen LogP contribution in [0.15, 0.2) is 24.4 Å². The van der Waals surface area contributed by atoms with Gasteiger partial charge < -0.3 is 14.4 Å². The summed E-state index contributed by atoms with van der Waals surface area (Å²) in [7, 11) is 0. The molecule has 1 saturated heterocycles. The minimum Gasteiger partial charge on any atom is -0.444 e. The summed E-state index contributed by atoms with van der Waals surface area (Å²) >= 11 is 0. The van der Waals surface area contributed by atoms with Crippen molar-refractivity contribution >= 4 is 6.09 Å². The Hall–Kier alpha value is -1.62. The Balaban J connectivity index is 1.82. The van der Waals surface area contributed by atoms with Gasteiger partial charge in [-0.3, -0.25) is 4.98 Å². The van der Waals surface area contributed by atoms with Gasteiger partial charge in [0, 0.05) is 12.7 Å². The highest BCUT2D eigenvalue weighted by Crippen LogP contribution is 2.18. The summed E-state index contributed by atoms with van der Waals surface area (Å²) in [5.41, 5.74) is 0.450. The summed E-state index contributed by atoms with van der Waals surface area (Å²) in [6.45, 7) is 7.44. The second-order valence-corrected chi connectivity index (χ2v) is 6.32. The van der Waals surface area contributed by atoms with Gasteiger partial charge in [0.1, 0.15) is 5.60 Å². The number of aromatic nitrogens is 1. The maximum atomic E-state index is 12.1. The fourth-order valence-corrected chi connectivity index (χ4v) is 2.25. The van der Waals surface area contributed by atoms with E-state index in [9.17, 15) is 4.79 Å². The summed E-state index contributed by atoms with van der Waals surface area (Å²) in [5.74, 6) is 0. The van der Waals surface area contributed by atoms with Crippen LogP contribution in [0.25, 0.3) is 0 Å². The molecule has 0 unspecified atom stereocenters. The standard InChI is InChI=1S/C16H24N2O3/c1-16(2,3)21-15(19)18-10-6-8-14(11-18)20-12-13-7-4-5-9-17-13/h4-5,7,9,14H,6,8,10-12H2,1-3H3/t14-/m0/s1. The summed E-state index contributed by atoms with van der Waals surface area (Å²) in [4.78, 5) is 18.0. The van der Waals surface area contributed by atoms with E-state index in [1.54, 1.807) is 11.1 Å². The zero-order valence-electron chi connectivity index (χ0n) is 13.0. The van der Waals surface area contributed by atoms with Crippen LogP contribution in [0.5, 0.6) is 0 Å². The van der Waals surface area contributed by atoms with E-state index in [2.05, 4.69) is 4.98 Å². The quantitative estimate of drug-likeness (QED) is 0.859. The first kappa shape index (κ1) is 15.8. The molecule has 2 rings (SSSR count). The average molecular weight is 292 g/mol. The second-order valence-electron chi connectivity index (χ2n) is 6.32. The molecule has 21 heavy (non-hydrogen) atoms. The SMILES string of the molecule is CC(C)(C)OC(=O)N1CCC[C@H](OCc2ccccn2)C1. The molecule has 1 fully saturated rings. The lowest BCUT2D eigenvalue weighted by Gasteiger charge is -2.34. The van der Waals surface area contributed by atoms with Gasteiger partial charge in [0.05, 0.1) is 24.9 Å². The Morgan fingerprint density at radius 3 is 2.90 bits per heavy atom. The van der Waals surface area contributed by atoms with Gasteiger partial charge in [-0.05, 0) is 45.7 Å². The van der Waals surface area contributed by atoms with Gasteiger partial charge >= 0.3 is 6.09 Å². The van der Waals surface area contributed by atoms with Crippen LogP contribution in [-0.2, 0) is 16.1 Å². The molecule has 2 heterocycles. The third-order valence-corrected chi connectivity index (χ3v) is 3.22. The highest BCUT2D eigenvalue weighted by molar-refractivity contribution is 5.68. The molecule has 5 nitrogen and oxygen atoms in total. The first-order valence-electron chi connectivity index (χ1n) is 7.43. The first-order valence-corrected chi connectivity index (χ1v) is 7.43. The fourth-order valence-electron chi connectivity index (χ4n) is 2.25. The highest BCUT2D eigenvalue weighted by atomic mass is 16.6. The van der Waals surface area contributed by atoms with Crippen molar-refractivity contribution in [3.05, 3.63) is 30.1 Å². The van der Waals surface area contributed by atoms with Crippen LogP contribution in [0.3, 0.4) is 0 Å². The van der Waals surface area contributed by atoms with E-state index in [1.807, 2.05) is 39.0 Å². The van der Waals surface area contributed by atoms with E-state index in [4.69, 9.17) is 9.47 Å². The van der Waals surface area contributed by atoms with Crippen molar-refractivity contribution in [3.63, 3.8) is 0 Å². The number of pyridine rings is 1. The number of carbonyl (C=O) groups is 1. The van der Waals surface area contributed by atoms with Crippen molar-refractivity contribution in [1.29, 1.82) is 0 Å². The number of rotatable bonds is 3. The Morgan fingerprint density at radius 1 is 1.43 bits per heavy atom. The minimum absolute atomic E-state index is 0.0493. The molecular weight excluding hydrogens is 268 g/mol. The number of carbonyl (C=O) groups excluding carboxylic acids is 1. The molecule has 0 N–H and O–H groups in total. The molecule has 1 aromatic heterocycles. The summed E-state index contributed by atoms with van der Waals surface area (Å²) in [6.07, 6.45) is 3.45. The molecule has 1 aliphatic heterocycles. The van der Waals surface area contributed by atoms with E-state index < -0.39 is 5.60 Å². The van der Waals surface area contributed by atoms with Gasteiger partial charge in [0.2, 0.25) is 0 Å². The maximum absolute atomic E-state index is 12.1. The Bertz CT molecular complexity index is 456. The normalized spacial score (nSPS) is 19.4. The fraction of sp³-hybridized carbons (Fsp3) is 0.625. The molecule has 0 bridgehead atoms. The van der Waals surface area contributed by atoms with Crippen LogP contribution < -0.4 is 0 Å². The molecule has 0 spiro atoms. The summed E-state index contributed by atoms with van der Waals surface area (Å²) in [6, 6.07) is 5.77. The van der Waals surface area contributed by atoms with E-state index in [-0.39, 0.29) is 12.2 Å². The zero-order valence-corrected chi connectivity index (χ0v) is 13.0. The van der Waals surface area contributed by atoms with Gasteiger partial charge in [-0.1, -0.05) is 6.07 Å². The molecule has 0 aromatic carbocycles. The van der Waals surface area contributed by atoms with Gasteiger partial charge in [-0.15, -0.1) is 0 Å². The number of piperidine rings is 1. The van der Waals surface area contributed by atoms with E-state index in [0.29, 0.717) is 13.2 Å². The first-order chi connectivity index (χ1) is 9.94. The van der Waals surface area contributed by atoms with E-state index in [0.717, 1.165) is 25.1 Å². The highest BCUT2D eigenvalue weighted by Gasteiger charge is 2.27. The van der Waals surface area contributed by atoms with Crippen LogP contribution in [0, 0.1) is 0 Å². The number of ether oxygens (including phenoxy) is 2. The van der Waals surface area contributed by atoms with Crippen LogP contribution in [0.2, 0.25) is 0 Å². The number of likely N-dealkylation sites (tertiary alicyclic amines) is 1. The predicted octanol–water partition coefficient (Wildman–Crippen LogP) is 3.00. The zero-order chi connectivity index (χ0) is 15.3. The Morgan fingerprint density at radius 2 is 2.24 bits per heavy atom. The van der Waals surface area contributed by atoms with Crippen LogP contribution in [0.1, 0.15) is 39.3 Å². The molecular formula is C16H24N2O3. The van der Waals surface area contributed by atoms with Crippen molar-refractivity contribution in [1.82, 2.24) is 9.88 Å². The largest absolute Gasteiger partial charge is 0.444 e. The van der Waals surface area contributed by atoms with Gasteiger partial charge in [0.25, 0.3) is 0 Å².